The van der Waals surface area contributed by atoms with E-state index in [0.29, 0.717) is 18.7 Å². The van der Waals surface area contributed by atoms with Crippen molar-refractivity contribution in [3.63, 3.8) is 0 Å². The van der Waals surface area contributed by atoms with Crippen molar-refractivity contribution < 1.29 is 4.79 Å². The fourth-order valence-corrected chi connectivity index (χ4v) is 5.33. The second kappa shape index (κ2) is 7.03. The Bertz CT molecular complexity index is 1160. The summed E-state index contributed by atoms with van der Waals surface area (Å²) in [6, 6.07) is 7.85. The maximum Gasteiger partial charge on any atom is 0.254 e. The SMILES string of the molecule is O=C(NCCn1ccc2c(Cl)cccc21)c1c(-n2cnnn2)sc2c1CCC2. The van der Waals surface area contributed by atoms with Gasteiger partial charge in [-0.1, -0.05) is 17.7 Å². The highest BCUT2D eigenvalue weighted by Gasteiger charge is 2.27. The van der Waals surface area contributed by atoms with Crippen LogP contribution in [0.5, 0.6) is 0 Å². The Morgan fingerprint density at radius 3 is 3.07 bits per heavy atom. The number of benzene rings is 1. The smallest absolute Gasteiger partial charge is 0.254 e. The number of hydrogen-bond acceptors (Lipinski definition) is 5. The van der Waals surface area contributed by atoms with E-state index in [1.165, 1.54) is 11.2 Å². The Morgan fingerprint density at radius 2 is 2.21 bits per heavy atom. The van der Waals surface area contributed by atoms with Crippen molar-refractivity contribution in [2.45, 2.75) is 25.8 Å². The van der Waals surface area contributed by atoms with E-state index in [9.17, 15) is 4.79 Å². The number of amides is 1. The Labute approximate surface area is 169 Å². The largest absolute Gasteiger partial charge is 0.350 e. The number of carbonyl (C=O) groups excluding carboxylic acids is 1. The maximum atomic E-state index is 13.0. The van der Waals surface area contributed by atoms with E-state index >= 15 is 0 Å². The van der Waals surface area contributed by atoms with Crippen LogP contribution in [0.2, 0.25) is 5.02 Å². The summed E-state index contributed by atoms with van der Waals surface area (Å²) in [6.07, 6.45) is 6.56. The summed E-state index contributed by atoms with van der Waals surface area (Å²) >= 11 is 7.85. The molecule has 1 aromatic carbocycles. The molecule has 4 aromatic rings. The summed E-state index contributed by atoms with van der Waals surface area (Å²) in [5.41, 5.74) is 2.92. The first kappa shape index (κ1) is 17.4. The third-order valence-electron chi connectivity index (χ3n) is 5.09. The molecule has 0 bridgehead atoms. The average Bonchev–Trinajstić information content (AvgIpc) is 3.45. The number of thiophene rings is 1. The van der Waals surface area contributed by atoms with Gasteiger partial charge in [0.2, 0.25) is 0 Å². The molecular weight excluding hydrogens is 396 g/mol. The average molecular weight is 413 g/mol. The van der Waals surface area contributed by atoms with Gasteiger partial charge in [-0.2, -0.15) is 4.68 Å². The number of carbonyl (C=O) groups is 1. The summed E-state index contributed by atoms with van der Waals surface area (Å²) in [5, 5.41) is 17.0. The van der Waals surface area contributed by atoms with Crippen LogP contribution in [-0.2, 0) is 19.4 Å². The highest BCUT2D eigenvalue weighted by Crippen LogP contribution is 2.37. The lowest BCUT2D eigenvalue weighted by Crippen LogP contribution is -2.28. The molecule has 0 fully saturated rings. The normalized spacial score (nSPS) is 13.2. The fourth-order valence-electron chi connectivity index (χ4n) is 3.80. The summed E-state index contributed by atoms with van der Waals surface area (Å²) in [7, 11) is 0. The van der Waals surface area contributed by atoms with Crippen LogP contribution in [-0.4, -0.2) is 37.2 Å². The van der Waals surface area contributed by atoms with Crippen molar-refractivity contribution in [3.05, 3.63) is 57.8 Å². The van der Waals surface area contributed by atoms with Crippen molar-refractivity contribution >= 4 is 39.7 Å². The van der Waals surface area contributed by atoms with Crippen LogP contribution >= 0.6 is 22.9 Å². The van der Waals surface area contributed by atoms with Crippen molar-refractivity contribution in [1.29, 1.82) is 0 Å². The van der Waals surface area contributed by atoms with Gasteiger partial charge in [0, 0.05) is 40.1 Å². The van der Waals surface area contributed by atoms with Crippen LogP contribution in [0.15, 0.2) is 36.8 Å². The standard InChI is InChI=1S/C19H17ClN6OS/c20-14-4-2-5-15-12(14)7-9-25(15)10-8-21-18(27)17-13-3-1-6-16(13)28-19(17)26-11-22-23-24-26/h2,4-5,7,9,11H,1,3,6,8,10H2,(H,21,27). The molecule has 0 saturated heterocycles. The van der Waals surface area contributed by atoms with E-state index in [2.05, 4.69) is 25.4 Å². The van der Waals surface area contributed by atoms with Crippen LogP contribution in [0, 0.1) is 0 Å². The molecular formula is C19H17ClN6OS. The van der Waals surface area contributed by atoms with Crippen LogP contribution < -0.4 is 5.32 Å². The molecule has 0 saturated carbocycles. The topological polar surface area (TPSA) is 77.6 Å². The lowest BCUT2D eigenvalue weighted by Gasteiger charge is -2.09. The molecule has 142 valence electrons. The number of nitrogens with zero attached hydrogens (tertiary/aromatic N) is 5. The first-order valence-corrected chi connectivity index (χ1v) is 10.3. The zero-order valence-electron chi connectivity index (χ0n) is 14.9. The van der Waals surface area contributed by atoms with E-state index in [-0.39, 0.29) is 5.91 Å². The van der Waals surface area contributed by atoms with Gasteiger partial charge < -0.3 is 9.88 Å². The Balaban J connectivity index is 1.36. The van der Waals surface area contributed by atoms with Gasteiger partial charge in [0.25, 0.3) is 5.91 Å². The number of aryl methyl sites for hydroxylation is 1. The molecule has 0 atom stereocenters. The zero-order valence-corrected chi connectivity index (χ0v) is 16.5. The second-order valence-corrected chi connectivity index (χ2v) is 8.22. The van der Waals surface area contributed by atoms with Gasteiger partial charge in [0.15, 0.2) is 0 Å². The molecule has 0 spiro atoms. The summed E-state index contributed by atoms with van der Waals surface area (Å²) < 4.78 is 3.68. The summed E-state index contributed by atoms with van der Waals surface area (Å²) in [5.74, 6) is -0.0700. The molecule has 0 unspecified atom stereocenters. The van der Waals surface area contributed by atoms with E-state index in [4.69, 9.17) is 11.6 Å². The molecule has 3 heterocycles. The zero-order chi connectivity index (χ0) is 19.1. The van der Waals surface area contributed by atoms with Crippen LogP contribution in [0.1, 0.15) is 27.2 Å². The van der Waals surface area contributed by atoms with Gasteiger partial charge in [0.05, 0.1) is 5.56 Å². The minimum Gasteiger partial charge on any atom is -0.350 e. The third-order valence-corrected chi connectivity index (χ3v) is 6.70. The number of hydrogen-bond donors (Lipinski definition) is 1. The second-order valence-electron chi connectivity index (χ2n) is 6.73. The van der Waals surface area contributed by atoms with E-state index in [1.807, 2.05) is 30.5 Å². The maximum absolute atomic E-state index is 13.0. The van der Waals surface area contributed by atoms with E-state index in [1.54, 1.807) is 16.0 Å². The molecule has 9 heteroatoms. The predicted molar refractivity (Wildman–Crippen MR) is 108 cm³/mol. The minimum atomic E-state index is -0.0700. The lowest BCUT2D eigenvalue weighted by atomic mass is 10.1. The molecule has 3 aromatic heterocycles. The number of fused-ring (bicyclic) bond motifs is 2. The first-order valence-electron chi connectivity index (χ1n) is 9.12. The Morgan fingerprint density at radius 1 is 1.29 bits per heavy atom. The number of nitrogens with one attached hydrogen (secondary N) is 1. The number of aromatic nitrogens is 5. The van der Waals surface area contributed by atoms with Crippen molar-refractivity contribution in [2.24, 2.45) is 0 Å². The van der Waals surface area contributed by atoms with E-state index < -0.39 is 0 Å². The van der Waals surface area contributed by atoms with Gasteiger partial charge in [-0.05, 0) is 53.5 Å². The lowest BCUT2D eigenvalue weighted by molar-refractivity contribution is 0.0952. The first-order chi connectivity index (χ1) is 13.7. The molecule has 5 rings (SSSR count). The predicted octanol–water partition coefficient (Wildman–Crippen LogP) is 3.25. The summed E-state index contributed by atoms with van der Waals surface area (Å²) in [6.45, 7) is 1.19. The van der Waals surface area contributed by atoms with Gasteiger partial charge in [0.1, 0.15) is 11.3 Å². The molecule has 1 amide bonds. The minimum absolute atomic E-state index is 0.0700. The van der Waals surface area contributed by atoms with Crippen molar-refractivity contribution in [2.75, 3.05) is 6.54 Å². The van der Waals surface area contributed by atoms with Crippen LogP contribution in [0.25, 0.3) is 15.9 Å². The number of rotatable bonds is 5. The molecule has 1 aliphatic rings. The number of halogens is 1. The fraction of sp³-hybridized carbons (Fsp3) is 0.263. The van der Waals surface area contributed by atoms with Gasteiger partial charge in [-0.25, -0.2) is 0 Å². The van der Waals surface area contributed by atoms with Crippen LogP contribution in [0.4, 0.5) is 0 Å². The molecule has 1 N–H and O–H groups in total. The highest BCUT2D eigenvalue weighted by molar-refractivity contribution is 7.15. The Hall–Kier alpha value is -2.71. The van der Waals surface area contributed by atoms with Crippen LogP contribution in [0.3, 0.4) is 0 Å². The van der Waals surface area contributed by atoms with Gasteiger partial charge in [-0.15, -0.1) is 16.4 Å². The van der Waals surface area contributed by atoms with E-state index in [0.717, 1.165) is 45.8 Å². The molecule has 0 radical (unpaired) electrons. The molecule has 28 heavy (non-hydrogen) atoms. The quantitative estimate of drug-likeness (QED) is 0.545. The van der Waals surface area contributed by atoms with Crippen molar-refractivity contribution in [3.8, 4) is 5.00 Å². The Kier molecular flexibility index (Phi) is 4.37. The third kappa shape index (κ3) is 2.89. The summed E-state index contributed by atoms with van der Waals surface area (Å²) in [4.78, 5) is 14.3. The molecule has 0 aliphatic heterocycles. The molecule has 7 nitrogen and oxygen atoms in total. The number of tetrazole rings is 1. The highest BCUT2D eigenvalue weighted by atomic mass is 35.5. The van der Waals surface area contributed by atoms with Crippen molar-refractivity contribution in [1.82, 2.24) is 30.1 Å². The monoisotopic (exact) mass is 412 g/mol. The molecule has 1 aliphatic carbocycles. The van der Waals surface area contributed by atoms with Gasteiger partial charge >= 0.3 is 0 Å². The van der Waals surface area contributed by atoms with Gasteiger partial charge in [-0.3, -0.25) is 4.79 Å².